The maximum absolute atomic E-state index is 11.3. The van der Waals surface area contributed by atoms with Crippen molar-refractivity contribution in [2.24, 2.45) is 0 Å². The Morgan fingerprint density at radius 1 is 1.09 bits per heavy atom. The number of carboxylic acids is 1. The predicted molar refractivity (Wildman–Crippen MR) is 88.6 cm³/mol. The second-order valence-corrected chi connectivity index (χ2v) is 5.44. The van der Waals surface area contributed by atoms with Gasteiger partial charge in [-0.15, -0.1) is 0 Å². The van der Waals surface area contributed by atoms with Gasteiger partial charge in [0.25, 0.3) is 0 Å². The predicted octanol–water partition coefficient (Wildman–Crippen LogP) is 3.82. The van der Waals surface area contributed by atoms with E-state index in [1.54, 1.807) is 12.1 Å². The lowest BCUT2D eigenvalue weighted by Crippen LogP contribution is -2.27. The molecule has 0 aliphatic rings. The molecule has 0 radical (unpaired) electrons. The molecule has 0 aliphatic heterocycles. The van der Waals surface area contributed by atoms with E-state index < -0.39 is 12.1 Å². The van der Waals surface area contributed by atoms with Gasteiger partial charge < -0.3 is 14.6 Å². The number of hydrogen-bond donors (Lipinski definition) is 1. The first-order valence-electron chi connectivity index (χ1n) is 7.73. The average Bonchev–Trinajstić information content (AvgIpc) is 2.56. The highest BCUT2D eigenvalue weighted by atomic mass is 16.5. The number of benzene rings is 2. The molecule has 0 aromatic heterocycles. The molecule has 23 heavy (non-hydrogen) atoms. The number of carboxylic acid groups (broad SMARTS) is 1. The number of aryl methyl sites for hydroxylation is 1. The van der Waals surface area contributed by atoms with Gasteiger partial charge in [-0.2, -0.15) is 0 Å². The molecule has 122 valence electrons. The van der Waals surface area contributed by atoms with Crippen LogP contribution in [0.5, 0.6) is 5.75 Å². The summed E-state index contributed by atoms with van der Waals surface area (Å²) >= 11 is 0. The second kappa shape index (κ2) is 8.96. The molecule has 2 rings (SSSR count). The Morgan fingerprint density at radius 3 is 2.43 bits per heavy atom. The Bertz CT molecular complexity index is 593. The van der Waals surface area contributed by atoms with Crippen molar-refractivity contribution in [3.8, 4) is 5.75 Å². The average molecular weight is 314 g/mol. The molecule has 4 nitrogen and oxygen atoms in total. The van der Waals surface area contributed by atoms with Crippen LogP contribution in [0.15, 0.2) is 54.6 Å². The molecule has 0 aliphatic carbocycles. The van der Waals surface area contributed by atoms with Crippen LogP contribution in [-0.2, 0) is 16.1 Å². The number of ether oxygens (including phenoxy) is 2. The molecule has 0 saturated carbocycles. The van der Waals surface area contributed by atoms with E-state index in [-0.39, 0.29) is 0 Å². The van der Waals surface area contributed by atoms with E-state index in [9.17, 15) is 9.90 Å². The van der Waals surface area contributed by atoms with Gasteiger partial charge in [0.15, 0.2) is 6.10 Å². The SMILES string of the molecule is Cc1ccc(OC(CCCOCc2ccccc2)C(=O)O)cc1. The summed E-state index contributed by atoms with van der Waals surface area (Å²) in [4.78, 5) is 11.3. The van der Waals surface area contributed by atoms with Gasteiger partial charge in [0, 0.05) is 6.61 Å². The van der Waals surface area contributed by atoms with Crippen molar-refractivity contribution in [1.29, 1.82) is 0 Å². The summed E-state index contributed by atoms with van der Waals surface area (Å²) in [5.74, 6) is -0.373. The number of hydrogen-bond acceptors (Lipinski definition) is 3. The standard InChI is InChI=1S/C19H22O4/c1-15-9-11-17(12-10-15)23-18(19(20)21)8-5-13-22-14-16-6-3-2-4-7-16/h2-4,6-7,9-12,18H,5,8,13-14H2,1H3,(H,20,21). The van der Waals surface area contributed by atoms with Crippen molar-refractivity contribution in [1.82, 2.24) is 0 Å². The maximum atomic E-state index is 11.3. The summed E-state index contributed by atoms with van der Waals surface area (Å²) in [5, 5.41) is 9.26. The summed E-state index contributed by atoms with van der Waals surface area (Å²) in [5.41, 5.74) is 2.22. The number of carbonyl (C=O) groups is 1. The molecular weight excluding hydrogens is 292 g/mol. The fourth-order valence-electron chi connectivity index (χ4n) is 2.15. The van der Waals surface area contributed by atoms with Gasteiger partial charge in [-0.3, -0.25) is 0 Å². The Hall–Kier alpha value is -2.33. The van der Waals surface area contributed by atoms with Crippen molar-refractivity contribution in [3.63, 3.8) is 0 Å². The Labute approximate surface area is 136 Å². The summed E-state index contributed by atoms with van der Waals surface area (Å²) in [6.07, 6.45) is 0.200. The minimum atomic E-state index is -0.950. The van der Waals surface area contributed by atoms with Crippen LogP contribution in [0.4, 0.5) is 0 Å². The molecule has 0 saturated heterocycles. The van der Waals surface area contributed by atoms with Gasteiger partial charge in [0.2, 0.25) is 0 Å². The van der Waals surface area contributed by atoms with Crippen molar-refractivity contribution in [2.45, 2.75) is 32.5 Å². The van der Waals surface area contributed by atoms with Crippen LogP contribution in [0.2, 0.25) is 0 Å². The van der Waals surface area contributed by atoms with E-state index in [4.69, 9.17) is 9.47 Å². The Kier molecular flexibility index (Phi) is 6.63. The Morgan fingerprint density at radius 2 is 1.78 bits per heavy atom. The van der Waals surface area contributed by atoms with Crippen molar-refractivity contribution >= 4 is 5.97 Å². The van der Waals surface area contributed by atoms with E-state index in [1.165, 1.54) is 0 Å². The fourth-order valence-corrected chi connectivity index (χ4v) is 2.15. The van der Waals surface area contributed by atoms with E-state index >= 15 is 0 Å². The molecule has 2 aromatic rings. The zero-order valence-electron chi connectivity index (χ0n) is 13.3. The van der Waals surface area contributed by atoms with Crippen LogP contribution in [0.25, 0.3) is 0 Å². The zero-order chi connectivity index (χ0) is 16.5. The third-order valence-corrected chi connectivity index (χ3v) is 3.44. The second-order valence-electron chi connectivity index (χ2n) is 5.44. The van der Waals surface area contributed by atoms with Crippen LogP contribution in [0.1, 0.15) is 24.0 Å². The molecule has 0 fully saturated rings. The number of rotatable bonds is 9. The molecule has 1 unspecified atom stereocenters. The van der Waals surface area contributed by atoms with E-state index in [2.05, 4.69) is 0 Å². The van der Waals surface area contributed by atoms with E-state index in [0.717, 1.165) is 11.1 Å². The van der Waals surface area contributed by atoms with Gasteiger partial charge in [0.05, 0.1) is 6.61 Å². The quantitative estimate of drug-likeness (QED) is 0.715. The van der Waals surface area contributed by atoms with Crippen LogP contribution >= 0.6 is 0 Å². The van der Waals surface area contributed by atoms with Gasteiger partial charge in [-0.1, -0.05) is 48.0 Å². The summed E-state index contributed by atoms with van der Waals surface area (Å²) in [7, 11) is 0. The molecule has 0 amide bonds. The topological polar surface area (TPSA) is 55.8 Å². The van der Waals surface area contributed by atoms with Crippen LogP contribution in [0, 0.1) is 6.92 Å². The molecule has 2 aromatic carbocycles. The lowest BCUT2D eigenvalue weighted by atomic mass is 10.2. The molecule has 1 atom stereocenters. The van der Waals surface area contributed by atoms with Gasteiger partial charge in [-0.25, -0.2) is 4.79 Å². The van der Waals surface area contributed by atoms with E-state index in [0.29, 0.717) is 31.8 Å². The highest BCUT2D eigenvalue weighted by Gasteiger charge is 2.18. The number of aliphatic carboxylic acids is 1. The lowest BCUT2D eigenvalue weighted by Gasteiger charge is -2.15. The van der Waals surface area contributed by atoms with Crippen LogP contribution in [-0.4, -0.2) is 23.8 Å². The molecule has 0 spiro atoms. The van der Waals surface area contributed by atoms with Crippen LogP contribution < -0.4 is 4.74 Å². The third kappa shape index (κ3) is 6.12. The minimum Gasteiger partial charge on any atom is -0.479 e. The first-order chi connectivity index (χ1) is 11.1. The first kappa shape index (κ1) is 17.0. The third-order valence-electron chi connectivity index (χ3n) is 3.44. The summed E-state index contributed by atoms with van der Waals surface area (Å²) < 4.78 is 11.1. The molecule has 1 N–H and O–H groups in total. The lowest BCUT2D eigenvalue weighted by molar-refractivity contribution is -0.145. The molecule has 0 heterocycles. The fraction of sp³-hybridized carbons (Fsp3) is 0.316. The van der Waals surface area contributed by atoms with Gasteiger partial charge in [0.1, 0.15) is 5.75 Å². The normalized spacial score (nSPS) is 11.9. The minimum absolute atomic E-state index is 0.415. The van der Waals surface area contributed by atoms with Crippen molar-refractivity contribution < 1.29 is 19.4 Å². The van der Waals surface area contributed by atoms with Crippen molar-refractivity contribution in [2.75, 3.05) is 6.61 Å². The van der Waals surface area contributed by atoms with E-state index in [1.807, 2.05) is 49.4 Å². The molecule has 4 heteroatoms. The summed E-state index contributed by atoms with van der Waals surface area (Å²) in [6.45, 7) is 3.02. The van der Waals surface area contributed by atoms with Gasteiger partial charge >= 0.3 is 5.97 Å². The summed E-state index contributed by atoms with van der Waals surface area (Å²) in [6, 6.07) is 17.3. The maximum Gasteiger partial charge on any atom is 0.344 e. The highest BCUT2D eigenvalue weighted by molar-refractivity contribution is 5.72. The largest absolute Gasteiger partial charge is 0.479 e. The van der Waals surface area contributed by atoms with Crippen molar-refractivity contribution in [3.05, 3.63) is 65.7 Å². The zero-order valence-corrected chi connectivity index (χ0v) is 13.3. The molecule has 0 bridgehead atoms. The highest BCUT2D eigenvalue weighted by Crippen LogP contribution is 2.15. The first-order valence-corrected chi connectivity index (χ1v) is 7.73. The smallest absolute Gasteiger partial charge is 0.344 e. The van der Waals surface area contributed by atoms with Crippen LogP contribution in [0.3, 0.4) is 0 Å². The Balaban J connectivity index is 1.72. The monoisotopic (exact) mass is 314 g/mol. The molecular formula is C19H22O4. The van der Waals surface area contributed by atoms with Gasteiger partial charge in [-0.05, 0) is 37.5 Å².